The van der Waals surface area contributed by atoms with Crippen molar-refractivity contribution in [3.63, 3.8) is 0 Å². The normalized spacial score (nSPS) is 15.0. The van der Waals surface area contributed by atoms with Gasteiger partial charge in [-0.25, -0.2) is 4.79 Å². The SMILES string of the molecule is CCN(C)c1ccc(/C=C/C2=CC(=C/C=C/c3ccc(O)c(C(=O)O)c3)/C=C(C)O2)cc1. The van der Waals surface area contributed by atoms with Crippen LogP contribution >= 0.6 is 0 Å². The number of allylic oxidation sites excluding steroid dienone is 7. The maximum atomic E-state index is 11.2. The Morgan fingerprint density at radius 1 is 1.03 bits per heavy atom. The van der Waals surface area contributed by atoms with Crippen LogP contribution in [0.25, 0.3) is 12.2 Å². The van der Waals surface area contributed by atoms with E-state index in [4.69, 9.17) is 9.84 Å². The first-order valence-electron chi connectivity index (χ1n) is 10.4. The van der Waals surface area contributed by atoms with Gasteiger partial charge in [-0.05, 0) is 73.0 Å². The highest BCUT2D eigenvalue weighted by Gasteiger charge is 2.09. The van der Waals surface area contributed by atoms with Crippen LogP contribution in [0.5, 0.6) is 5.75 Å². The standard InChI is InChI=1S/C27H27NO4/c1-4-28(3)23-12-8-20(9-13-23)10-14-24-17-22(16-19(2)32-24)7-5-6-21-11-15-26(29)25(18-21)27(30)31/h5-18,29H,4H2,1-3H3,(H,30,31)/b6-5+,14-10+,22-7+. The van der Waals surface area contributed by atoms with E-state index in [0.717, 1.165) is 29.2 Å². The molecule has 32 heavy (non-hydrogen) atoms. The molecule has 0 atom stereocenters. The summed E-state index contributed by atoms with van der Waals surface area (Å²) >= 11 is 0. The Kier molecular flexibility index (Phi) is 7.34. The van der Waals surface area contributed by atoms with Gasteiger partial charge in [-0.1, -0.05) is 42.5 Å². The fraction of sp³-hybridized carbons (Fsp3) is 0.148. The lowest BCUT2D eigenvalue weighted by Crippen LogP contribution is -2.15. The fourth-order valence-corrected chi connectivity index (χ4v) is 3.16. The van der Waals surface area contributed by atoms with Gasteiger partial charge >= 0.3 is 5.97 Å². The van der Waals surface area contributed by atoms with Crippen molar-refractivity contribution < 1.29 is 19.7 Å². The smallest absolute Gasteiger partial charge is 0.339 e. The average Bonchev–Trinajstić information content (AvgIpc) is 2.78. The second kappa shape index (κ2) is 10.4. The monoisotopic (exact) mass is 429 g/mol. The molecule has 3 rings (SSSR count). The molecule has 2 aromatic carbocycles. The van der Waals surface area contributed by atoms with Gasteiger partial charge in [0.15, 0.2) is 0 Å². The molecule has 1 heterocycles. The molecular weight excluding hydrogens is 402 g/mol. The molecule has 0 unspecified atom stereocenters. The van der Waals surface area contributed by atoms with Crippen molar-refractivity contribution in [3.05, 3.63) is 107 Å². The first-order valence-corrected chi connectivity index (χ1v) is 10.4. The van der Waals surface area contributed by atoms with Crippen molar-refractivity contribution in [2.45, 2.75) is 13.8 Å². The summed E-state index contributed by atoms with van der Waals surface area (Å²) in [6.45, 7) is 4.97. The van der Waals surface area contributed by atoms with Crippen molar-refractivity contribution in [2.75, 3.05) is 18.5 Å². The minimum atomic E-state index is -1.16. The van der Waals surface area contributed by atoms with Gasteiger partial charge in [0.25, 0.3) is 0 Å². The Morgan fingerprint density at radius 3 is 2.44 bits per heavy atom. The molecule has 0 spiro atoms. The molecule has 0 amide bonds. The van der Waals surface area contributed by atoms with Gasteiger partial charge in [-0.15, -0.1) is 0 Å². The fourth-order valence-electron chi connectivity index (χ4n) is 3.16. The summed E-state index contributed by atoms with van der Waals surface area (Å²) in [5.41, 5.74) is 3.79. The number of hydrogen-bond donors (Lipinski definition) is 2. The molecule has 1 aliphatic rings. The van der Waals surface area contributed by atoms with E-state index < -0.39 is 5.97 Å². The van der Waals surface area contributed by atoms with Crippen LogP contribution in [0.2, 0.25) is 0 Å². The number of phenols is 1. The number of rotatable bonds is 7. The predicted octanol–water partition coefficient (Wildman–Crippen LogP) is 6.02. The lowest BCUT2D eigenvalue weighted by Gasteiger charge is -2.16. The van der Waals surface area contributed by atoms with Crippen molar-refractivity contribution in [1.82, 2.24) is 0 Å². The Bertz CT molecular complexity index is 1130. The molecule has 2 aromatic rings. The molecule has 164 valence electrons. The molecule has 0 fully saturated rings. The Hall–Kier alpha value is -3.99. The average molecular weight is 430 g/mol. The third-order valence-corrected chi connectivity index (χ3v) is 5.03. The highest BCUT2D eigenvalue weighted by Crippen LogP contribution is 2.22. The number of anilines is 1. The summed E-state index contributed by atoms with van der Waals surface area (Å²) in [6.07, 6.45) is 13.4. The number of benzene rings is 2. The van der Waals surface area contributed by atoms with E-state index in [9.17, 15) is 9.90 Å². The summed E-state index contributed by atoms with van der Waals surface area (Å²) in [4.78, 5) is 13.3. The van der Waals surface area contributed by atoms with E-state index in [1.807, 2.05) is 43.4 Å². The number of nitrogens with zero attached hydrogens (tertiary/aromatic N) is 1. The minimum Gasteiger partial charge on any atom is -0.507 e. The van der Waals surface area contributed by atoms with Gasteiger partial charge in [-0.2, -0.15) is 0 Å². The molecule has 0 bridgehead atoms. The van der Waals surface area contributed by atoms with Gasteiger partial charge in [-0.3, -0.25) is 0 Å². The van der Waals surface area contributed by atoms with Gasteiger partial charge in [0.2, 0.25) is 0 Å². The number of carboxylic acid groups (broad SMARTS) is 1. The summed E-state index contributed by atoms with van der Waals surface area (Å²) in [7, 11) is 2.07. The molecule has 2 N–H and O–H groups in total. The molecule has 0 saturated heterocycles. The van der Waals surface area contributed by atoms with Crippen LogP contribution < -0.4 is 4.90 Å². The maximum absolute atomic E-state index is 11.2. The van der Waals surface area contributed by atoms with Crippen LogP contribution in [-0.4, -0.2) is 29.8 Å². The lowest BCUT2D eigenvalue weighted by molar-refractivity contribution is 0.0693. The molecule has 0 aromatic heterocycles. The van der Waals surface area contributed by atoms with Gasteiger partial charge in [0.05, 0.1) is 0 Å². The largest absolute Gasteiger partial charge is 0.507 e. The van der Waals surface area contributed by atoms with E-state index >= 15 is 0 Å². The third-order valence-electron chi connectivity index (χ3n) is 5.03. The zero-order valence-corrected chi connectivity index (χ0v) is 18.4. The number of carboxylic acids is 1. The molecule has 5 heteroatoms. The van der Waals surface area contributed by atoms with Crippen LogP contribution in [0.3, 0.4) is 0 Å². The number of aromatic hydroxyl groups is 1. The van der Waals surface area contributed by atoms with E-state index in [1.165, 1.54) is 17.8 Å². The molecular formula is C27H27NO4. The molecule has 0 radical (unpaired) electrons. The number of aromatic carboxylic acids is 1. The van der Waals surface area contributed by atoms with Crippen molar-refractivity contribution >= 4 is 23.8 Å². The molecule has 0 aliphatic carbocycles. The second-order valence-corrected chi connectivity index (χ2v) is 7.45. The molecule has 5 nitrogen and oxygen atoms in total. The molecule has 1 aliphatic heterocycles. The Morgan fingerprint density at radius 2 is 1.75 bits per heavy atom. The summed E-state index contributed by atoms with van der Waals surface area (Å²) in [5, 5.41) is 18.7. The van der Waals surface area contributed by atoms with Gasteiger partial charge in [0, 0.05) is 19.3 Å². The topological polar surface area (TPSA) is 70.0 Å². The predicted molar refractivity (Wildman–Crippen MR) is 130 cm³/mol. The van der Waals surface area contributed by atoms with Crippen molar-refractivity contribution in [3.8, 4) is 5.75 Å². The van der Waals surface area contributed by atoms with Crippen LogP contribution in [0.1, 0.15) is 35.3 Å². The van der Waals surface area contributed by atoms with Crippen molar-refractivity contribution in [1.29, 1.82) is 0 Å². The van der Waals surface area contributed by atoms with E-state index in [-0.39, 0.29) is 11.3 Å². The Labute approximate surface area is 188 Å². The maximum Gasteiger partial charge on any atom is 0.339 e. The molecule has 0 saturated carbocycles. The zero-order chi connectivity index (χ0) is 23.1. The highest BCUT2D eigenvalue weighted by molar-refractivity contribution is 5.91. The zero-order valence-electron chi connectivity index (χ0n) is 18.4. The number of hydrogen-bond acceptors (Lipinski definition) is 4. The van der Waals surface area contributed by atoms with Gasteiger partial charge < -0.3 is 19.8 Å². The van der Waals surface area contributed by atoms with Gasteiger partial charge in [0.1, 0.15) is 22.8 Å². The van der Waals surface area contributed by atoms with E-state index in [0.29, 0.717) is 5.56 Å². The van der Waals surface area contributed by atoms with Crippen molar-refractivity contribution in [2.24, 2.45) is 0 Å². The summed E-state index contributed by atoms with van der Waals surface area (Å²) in [5.74, 6) is 0.106. The van der Waals surface area contributed by atoms with Crippen LogP contribution in [0.15, 0.2) is 89.9 Å². The highest BCUT2D eigenvalue weighted by atomic mass is 16.5. The third kappa shape index (κ3) is 6.01. The Balaban J connectivity index is 1.73. The van der Waals surface area contributed by atoms with Crippen LogP contribution in [-0.2, 0) is 4.74 Å². The lowest BCUT2D eigenvalue weighted by atomic mass is 10.1. The van der Waals surface area contributed by atoms with Crippen LogP contribution in [0.4, 0.5) is 5.69 Å². The number of carbonyl (C=O) groups is 1. The number of ether oxygens (including phenoxy) is 1. The van der Waals surface area contributed by atoms with E-state index in [2.05, 4.69) is 43.1 Å². The minimum absolute atomic E-state index is 0.122. The van der Waals surface area contributed by atoms with Crippen LogP contribution in [0, 0.1) is 0 Å². The summed E-state index contributed by atoms with van der Waals surface area (Å²) < 4.78 is 5.81. The summed E-state index contributed by atoms with van der Waals surface area (Å²) in [6, 6.07) is 12.8. The second-order valence-electron chi connectivity index (χ2n) is 7.45. The first kappa shape index (κ1) is 22.7. The quantitative estimate of drug-likeness (QED) is 0.563. The van der Waals surface area contributed by atoms with E-state index in [1.54, 1.807) is 12.1 Å². The first-order chi connectivity index (χ1) is 15.4.